The standard InChI is InChI=1S/C21H19ClFN5O2.C21H20FN5O2.C20H18ClFN6O2.C20H19ClN6O3.C20H19ClN6O2/c1-26-18(29)11-27(21(26)30)9-13-4-5-14(16(23)8-13)15-6-7-17-20(19(15)22)24-25-28(17)10-12-2-3-12;1-25-20(28)12-26(21(25)29)10-14-4-6-16(17(22)8-14)15-5-7-19-18(9-15)23-24-27(19)11-13-2-3-13;1-26-16(29)10-27(20(26)30)9-12-4-5-14(19(22)23-12)13-6-7-15-18(17(13)21)24-25-28(15)8-11-2-3-11;1-24-17(28)11-25(20(24)29)10-14-5-4-13(9-27(14)30)15-6-7-16-19(18(15)21)22-23-26(16)8-12-2-3-12;1-25-17(28)11-26(20(25)29)10-14-5-4-13(8-22-14)15-6-7-16-19(18(15)21)23-24-27(16)9-12-2-3-12/h4-8,12H,2-3,9-11H2,1H3;4-9,13H,2-3,10-12H2,1H3;4-7,11H,2-3,8-10H2,1H3;4-7,9,12H,2-3,8,10-11H2,1H3;4-8,12H,2-3,9-11H2,1H3. The number of likely N-dealkylation sites (N-methyl/N-ethyl adjacent to an activating group) is 5. The molecule has 25 rings (SSSR count). The van der Waals surface area contributed by atoms with Crippen LogP contribution in [-0.4, -0.2) is 262 Å². The molecule has 5 saturated heterocycles. The molecule has 5 aliphatic carbocycles. The number of carbonyl (C=O) groups is 10. The molecule has 148 heavy (non-hydrogen) atoms. The Bertz CT molecular complexity index is 7770. The molecule has 5 saturated carbocycles. The van der Waals surface area contributed by atoms with Crippen LogP contribution in [0.25, 0.3) is 111 Å². The SMILES string of the molecule is CN1C(=O)CN(Cc2ccc(-c3ccc4c(c3)nnn4CC3CC3)c(F)c2)C1=O.CN1C(=O)CN(Cc2ccc(-c3ccc4c(nnn4CC4CC4)c3Cl)c(F)c2)C1=O.CN1C(=O)CN(Cc2ccc(-c3ccc4c(nnn4CC4CC4)c3Cl)c(F)n2)C1=O.CN1C(=O)CN(Cc2ccc(-c3ccc4c(nnn4CC4CC4)c3Cl)c[n+]2[O-])C1=O.CN1C(=O)CN(Cc2ccc(-c3ccc4c(nnn4CC4CC4)c3Cl)cn2)C1=O. The number of nitrogens with zero attached hydrogens (tertiary/aromatic N) is 28. The van der Waals surface area contributed by atoms with Crippen molar-refractivity contribution >= 4 is 161 Å². The molecular formula is C102H95Cl4F3N28O11. The van der Waals surface area contributed by atoms with Crippen molar-refractivity contribution in [2.45, 2.75) is 130 Å². The summed E-state index contributed by atoms with van der Waals surface area (Å²) < 4.78 is 54.7. The molecule has 0 spiro atoms. The van der Waals surface area contributed by atoms with Gasteiger partial charge in [-0.25, -0.2) is 61.1 Å². The number of urea groups is 5. The summed E-state index contributed by atoms with van der Waals surface area (Å²) in [5, 5.41) is 56.5. The molecule has 7 aromatic carbocycles. The van der Waals surface area contributed by atoms with E-state index in [2.05, 4.69) is 61.5 Å². The van der Waals surface area contributed by atoms with Gasteiger partial charge in [-0.1, -0.05) is 133 Å². The number of hydrogen-bond acceptors (Lipinski definition) is 23. The number of carbonyl (C=O) groups excluding carboxylic acids is 10. The highest BCUT2D eigenvalue weighted by molar-refractivity contribution is 6.39. The lowest BCUT2D eigenvalue weighted by atomic mass is 10.0. The summed E-state index contributed by atoms with van der Waals surface area (Å²) in [4.78, 5) is 139. The Labute approximate surface area is 861 Å². The zero-order valence-electron chi connectivity index (χ0n) is 80.7. The van der Waals surface area contributed by atoms with Gasteiger partial charge in [0.1, 0.15) is 78.5 Å². The first-order valence-electron chi connectivity index (χ1n) is 48.4. The van der Waals surface area contributed by atoms with Gasteiger partial charge in [0.05, 0.1) is 72.2 Å². The molecule has 15 aromatic rings. The van der Waals surface area contributed by atoms with Crippen LogP contribution in [0.1, 0.15) is 92.4 Å². The number of pyridine rings is 3. The van der Waals surface area contributed by atoms with Crippen LogP contribution in [-0.2, 0) is 89.4 Å². The maximum absolute atomic E-state index is 14.9. The summed E-state index contributed by atoms with van der Waals surface area (Å²) in [6.45, 7) is 5.01. The van der Waals surface area contributed by atoms with E-state index < -0.39 is 23.8 Å². The Hall–Kier alpha value is -15.6. The maximum Gasteiger partial charge on any atom is 0.327 e. The monoisotopic (exact) mass is 2080 g/mol. The normalized spacial score (nSPS) is 16.9. The van der Waals surface area contributed by atoms with Crippen LogP contribution < -0.4 is 4.73 Å². The predicted molar refractivity (Wildman–Crippen MR) is 536 cm³/mol. The second kappa shape index (κ2) is 40.3. The van der Waals surface area contributed by atoms with E-state index in [-0.39, 0.29) is 124 Å². The van der Waals surface area contributed by atoms with Gasteiger partial charge in [-0.3, -0.25) is 53.5 Å². The highest BCUT2D eigenvalue weighted by Gasteiger charge is 2.40. The summed E-state index contributed by atoms with van der Waals surface area (Å²) in [6.07, 6.45) is 15.4. The summed E-state index contributed by atoms with van der Waals surface area (Å²) >= 11 is 26.3. The molecule has 5 aliphatic heterocycles. The van der Waals surface area contributed by atoms with E-state index in [9.17, 15) is 66.3 Å². The first kappa shape index (κ1) is 98.5. The van der Waals surface area contributed by atoms with Crippen LogP contribution in [0.15, 0.2) is 152 Å². The zero-order chi connectivity index (χ0) is 103. The first-order chi connectivity index (χ1) is 71.3. The summed E-state index contributed by atoms with van der Waals surface area (Å²) in [6, 6.07) is 38.8. The van der Waals surface area contributed by atoms with E-state index in [1.165, 1.54) is 142 Å². The minimum atomic E-state index is -0.703. The second-order valence-corrected chi connectivity index (χ2v) is 40.5. The van der Waals surface area contributed by atoms with Crippen molar-refractivity contribution in [3.8, 4) is 55.6 Å². The first-order valence-corrected chi connectivity index (χ1v) is 49.9. The molecule has 0 atom stereocenters. The van der Waals surface area contributed by atoms with Gasteiger partial charge in [-0.05, 0) is 183 Å². The number of aromatic nitrogens is 18. The Kier molecular flexibility index (Phi) is 26.8. The molecular weight excluding hydrogens is 1990 g/mol. The smallest absolute Gasteiger partial charge is 0.327 e. The molecule has 758 valence electrons. The van der Waals surface area contributed by atoms with E-state index >= 15 is 0 Å². The van der Waals surface area contributed by atoms with Crippen LogP contribution in [0.5, 0.6) is 0 Å². The molecule has 10 aliphatic rings. The highest BCUT2D eigenvalue weighted by Crippen LogP contribution is 2.44. The Morgan fingerprint density at radius 2 is 0.642 bits per heavy atom. The van der Waals surface area contributed by atoms with Gasteiger partial charge in [0.15, 0.2) is 6.20 Å². The lowest BCUT2D eigenvalue weighted by Gasteiger charge is -2.15. The fraction of sp³-hybridized carbons (Fsp3) is 0.343. The van der Waals surface area contributed by atoms with Crippen LogP contribution >= 0.6 is 46.4 Å². The van der Waals surface area contributed by atoms with Crippen LogP contribution in [0.3, 0.4) is 0 Å². The zero-order valence-corrected chi connectivity index (χ0v) is 83.7. The molecule has 39 nitrogen and oxygen atoms in total. The molecule has 0 bridgehead atoms. The van der Waals surface area contributed by atoms with Gasteiger partial charge in [-0.15, -0.1) is 25.5 Å². The van der Waals surface area contributed by atoms with E-state index in [1.807, 2.05) is 90.1 Å². The third-order valence-electron chi connectivity index (χ3n) is 28.1. The molecule has 8 aromatic heterocycles. The van der Waals surface area contributed by atoms with Crippen LogP contribution in [0, 0.1) is 52.4 Å². The largest absolute Gasteiger partial charge is 0.618 e. The van der Waals surface area contributed by atoms with Gasteiger partial charge in [0.2, 0.25) is 41.2 Å². The third-order valence-corrected chi connectivity index (χ3v) is 29.6. The van der Waals surface area contributed by atoms with Crippen molar-refractivity contribution in [3.05, 3.63) is 223 Å². The van der Waals surface area contributed by atoms with E-state index in [0.29, 0.717) is 138 Å². The fourth-order valence-electron chi connectivity index (χ4n) is 18.3. The molecule has 15 amide bonds. The molecule has 0 unspecified atom stereocenters. The Morgan fingerprint density at radius 3 is 1.01 bits per heavy atom. The number of benzene rings is 7. The second-order valence-electron chi connectivity index (χ2n) is 39.0. The summed E-state index contributed by atoms with van der Waals surface area (Å²) in [5.41, 5.74) is 16.1. The number of fused-ring (bicyclic) bond motifs is 5. The van der Waals surface area contributed by atoms with Crippen LogP contribution in [0.4, 0.5) is 37.1 Å². The van der Waals surface area contributed by atoms with Crippen molar-refractivity contribution < 1.29 is 65.8 Å². The number of hydrogen-bond donors (Lipinski definition) is 0. The van der Waals surface area contributed by atoms with E-state index in [1.54, 1.807) is 66.9 Å². The molecule has 46 heteroatoms. The van der Waals surface area contributed by atoms with E-state index in [0.717, 1.165) is 107 Å². The van der Waals surface area contributed by atoms with Gasteiger partial charge in [0.25, 0.3) is 0 Å². The minimum Gasteiger partial charge on any atom is -0.618 e. The topological polar surface area (TPSA) is 409 Å². The van der Waals surface area contributed by atoms with Crippen molar-refractivity contribution in [1.29, 1.82) is 0 Å². The average molecular weight is 2090 g/mol. The number of imide groups is 5. The van der Waals surface area contributed by atoms with Gasteiger partial charge >= 0.3 is 30.2 Å². The van der Waals surface area contributed by atoms with Gasteiger partial charge < -0.3 is 29.7 Å². The van der Waals surface area contributed by atoms with Crippen LogP contribution in [0.2, 0.25) is 20.1 Å². The average Bonchev–Trinajstić information content (AvgIpc) is 1.61. The maximum atomic E-state index is 14.9. The van der Waals surface area contributed by atoms with E-state index in [4.69, 9.17) is 46.4 Å². The molecule has 10 fully saturated rings. The number of amides is 15. The van der Waals surface area contributed by atoms with Gasteiger partial charge in [-0.2, -0.15) is 9.12 Å². The quantitative estimate of drug-likeness (QED) is 0.0222. The molecule has 0 radical (unpaired) electrons. The Morgan fingerprint density at radius 1 is 0.324 bits per heavy atom. The van der Waals surface area contributed by atoms with Gasteiger partial charge in [0, 0.05) is 143 Å². The third kappa shape index (κ3) is 20.4. The lowest BCUT2D eigenvalue weighted by Crippen LogP contribution is -2.37. The fourth-order valence-corrected chi connectivity index (χ4v) is 19.6. The minimum absolute atomic E-state index is 0.00227. The highest BCUT2D eigenvalue weighted by atomic mass is 35.5. The van der Waals surface area contributed by atoms with Crippen molar-refractivity contribution in [3.63, 3.8) is 0 Å². The number of halogens is 7. The van der Waals surface area contributed by atoms with Crippen molar-refractivity contribution in [2.24, 2.45) is 29.6 Å². The Balaban J connectivity index is 0.000000108. The molecule has 0 N–H and O–H groups in total. The van der Waals surface area contributed by atoms with Crippen molar-refractivity contribution in [2.75, 3.05) is 68.0 Å². The number of rotatable bonds is 25. The lowest BCUT2D eigenvalue weighted by molar-refractivity contribution is -0.614. The predicted octanol–water partition coefficient (Wildman–Crippen LogP) is 15.0. The van der Waals surface area contributed by atoms with Crippen molar-refractivity contribution in [1.82, 2.24) is 134 Å². The molecule has 13 heterocycles. The summed E-state index contributed by atoms with van der Waals surface area (Å²) in [5.74, 6) is 0.498. The summed E-state index contributed by atoms with van der Waals surface area (Å²) in [7, 11) is 7.22.